The average molecular weight is 821 g/mol. The molecule has 0 spiro atoms. The number of nitrogens with one attached hydrogen (secondary N) is 1. The summed E-state index contributed by atoms with van der Waals surface area (Å²) in [6, 6.07) is -0.620. The second kappa shape index (κ2) is 19.7. The first-order valence-electron chi connectivity index (χ1n) is 21.0. The Hall–Kier alpha value is -1.09. The van der Waals surface area contributed by atoms with E-state index in [-0.39, 0.29) is 55.9 Å². The Morgan fingerprint density at radius 3 is 2.16 bits per heavy atom. The molecule has 0 unspecified atom stereocenters. The monoisotopic (exact) mass is 821 g/mol. The van der Waals surface area contributed by atoms with E-state index in [1.807, 2.05) is 46.7 Å². The van der Waals surface area contributed by atoms with Crippen molar-refractivity contribution in [3.8, 4) is 0 Å². The molecule has 4 aliphatic rings. The van der Waals surface area contributed by atoms with Crippen LogP contribution < -0.4 is 5.32 Å². The Kier molecular flexibility index (Phi) is 16.8. The van der Waals surface area contributed by atoms with Crippen molar-refractivity contribution in [2.75, 3.05) is 41.0 Å². The van der Waals surface area contributed by atoms with Gasteiger partial charge < -0.3 is 68.3 Å². The van der Waals surface area contributed by atoms with E-state index in [0.717, 1.165) is 0 Å². The normalized spacial score (nSPS) is 49.3. The van der Waals surface area contributed by atoms with E-state index >= 15 is 0 Å². The van der Waals surface area contributed by atoms with Crippen LogP contribution in [0.3, 0.4) is 0 Å². The van der Waals surface area contributed by atoms with Crippen LogP contribution in [0.5, 0.6) is 0 Å². The standard InChI is InChI=1S/C41H76N2O14/c1-14-28-41(10,49)36-23(4)31(42-29(55-36)20-51-16-15-50-13)21(2)18-40(9,48)35(57-38-32(44)27(43(11)12)17-22(3)52-38)24(5)33(25(6)37(46)54-28)56-30-19-39(8,47)34(45)26(7)53-30/h21-36,38,42,44-45,47-49H,14-20H2,1-13H3/t21-,22-,23+,24+,25-,26+,27+,28-,29-,30+,31+,32-,33+,34+,35-,36-,38+,39-,40-,41-/m1/s1. The summed E-state index contributed by atoms with van der Waals surface area (Å²) in [4.78, 5) is 16.3. The Bertz CT molecular complexity index is 1270. The molecule has 4 fully saturated rings. The molecular formula is C41H76N2O14. The van der Waals surface area contributed by atoms with Crippen LogP contribution in [0.1, 0.15) is 94.9 Å². The number of likely N-dealkylation sites (N-methyl/N-ethyl adjacent to an activating group) is 1. The second-order valence-electron chi connectivity index (χ2n) is 18.4. The van der Waals surface area contributed by atoms with E-state index in [1.165, 1.54) is 6.92 Å². The van der Waals surface area contributed by atoms with Crippen molar-refractivity contribution in [3.05, 3.63) is 0 Å². The number of ether oxygens (including phenoxy) is 8. The Labute approximate surface area is 340 Å². The predicted octanol–water partition coefficient (Wildman–Crippen LogP) is 1.55. The maximum atomic E-state index is 14.4. The van der Waals surface area contributed by atoms with Crippen molar-refractivity contribution in [1.82, 2.24) is 10.2 Å². The minimum atomic E-state index is -1.65. The van der Waals surface area contributed by atoms with Crippen molar-refractivity contribution in [3.63, 3.8) is 0 Å². The molecule has 16 heteroatoms. The fourth-order valence-electron chi connectivity index (χ4n) is 9.83. The highest BCUT2D eigenvalue weighted by Gasteiger charge is 2.55. The third kappa shape index (κ3) is 11.2. The highest BCUT2D eigenvalue weighted by molar-refractivity contribution is 5.73. The molecule has 4 aliphatic heterocycles. The fraction of sp³-hybridized carbons (Fsp3) is 0.976. The summed E-state index contributed by atoms with van der Waals surface area (Å²) < 4.78 is 49.5. The zero-order valence-electron chi connectivity index (χ0n) is 36.6. The molecule has 57 heavy (non-hydrogen) atoms. The molecule has 4 saturated heterocycles. The molecule has 4 rings (SSSR count). The number of fused-ring (bicyclic) bond motifs is 2. The van der Waals surface area contributed by atoms with Gasteiger partial charge in [0.1, 0.15) is 30.1 Å². The van der Waals surface area contributed by atoms with Crippen LogP contribution >= 0.6 is 0 Å². The van der Waals surface area contributed by atoms with Crippen molar-refractivity contribution < 1.29 is 68.2 Å². The van der Waals surface area contributed by atoms with Gasteiger partial charge in [-0.3, -0.25) is 10.1 Å². The smallest absolute Gasteiger partial charge is 0.311 e. The topological polar surface area (TPSA) is 207 Å². The van der Waals surface area contributed by atoms with Gasteiger partial charge in [-0.25, -0.2) is 0 Å². The highest BCUT2D eigenvalue weighted by Crippen LogP contribution is 2.42. The first-order chi connectivity index (χ1) is 26.5. The zero-order valence-corrected chi connectivity index (χ0v) is 36.6. The number of aliphatic hydroxyl groups is 5. The molecule has 0 amide bonds. The van der Waals surface area contributed by atoms with E-state index in [1.54, 1.807) is 41.7 Å². The van der Waals surface area contributed by atoms with Gasteiger partial charge in [-0.05, 0) is 80.8 Å². The van der Waals surface area contributed by atoms with E-state index in [0.29, 0.717) is 19.6 Å². The number of methoxy groups -OCH3 is 1. The molecule has 0 aromatic heterocycles. The highest BCUT2D eigenvalue weighted by atomic mass is 16.7. The Balaban J connectivity index is 1.83. The molecule has 0 saturated carbocycles. The Morgan fingerprint density at radius 1 is 0.895 bits per heavy atom. The van der Waals surface area contributed by atoms with Crippen LogP contribution in [0.25, 0.3) is 0 Å². The number of nitrogens with zero attached hydrogens (tertiary/aromatic N) is 1. The summed E-state index contributed by atoms with van der Waals surface area (Å²) in [5.41, 5.74) is -4.85. The van der Waals surface area contributed by atoms with Crippen LogP contribution in [0.4, 0.5) is 0 Å². The van der Waals surface area contributed by atoms with Crippen molar-refractivity contribution in [1.29, 1.82) is 0 Å². The fourth-order valence-corrected chi connectivity index (χ4v) is 9.83. The summed E-state index contributed by atoms with van der Waals surface area (Å²) in [7, 11) is 5.35. The predicted molar refractivity (Wildman–Crippen MR) is 209 cm³/mol. The molecule has 4 heterocycles. The number of aliphatic hydroxyl groups excluding tert-OH is 2. The quantitative estimate of drug-likeness (QED) is 0.129. The molecule has 0 aromatic rings. The summed E-state index contributed by atoms with van der Waals surface area (Å²) in [6.07, 6.45) is -9.26. The lowest BCUT2D eigenvalue weighted by atomic mass is 9.71. The van der Waals surface area contributed by atoms with E-state index < -0.39 is 96.1 Å². The third-order valence-corrected chi connectivity index (χ3v) is 13.0. The first kappa shape index (κ1) is 48.6. The maximum absolute atomic E-state index is 14.4. The largest absolute Gasteiger partial charge is 0.459 e. The second-order valence-corrected chi connectivity index (χ2v) is 18.4. The van der Waals surface area contributed by atoms with Crippen LogP contribution in [-0.2, 0) is 42.7 Å². The van der Waals surface area contributed by atoms with Gasteiger partial charge in [-0.2, -0.15) is 0 Å². The number of carbonyl (C=O) groups excluding carboxylic acids is 1. The summed E-state index contributed by atoms with van der Waals surface area (Å²) >= 11 is 0. The molecule has 20 atom stereocenters. The van der Waals surface area contributed by atoms with E-state index in [9.17, 15) is 30.3 Å². The zero-order chi connectivity index (χ0) is 42.8. The summed E-state index contributed by atoms with van der Waals surface area (Å²) in [5, 5.41) is 62.2. The molecular weight excluding hydrogens is 744 g/mol. The van der Waals surface area contributed by atoms with Crippen LogP contribution in [-0.4, -0.2) is 174 Å². The summed E-state index contributed by atoms with van der Waals surface area (Å²) in [6.45, 7) is 18.5. The molecule has 0 aliphatic carbocycles. The van der Waals surface area contributed by atoms with Crippen molar-refractivity contribution in [2.24, 2.45) is 23.7 Å². The maximum Gasteiger partial charge on any atom is 0.311 e. The number of hydrogen-bond donors (Lipinski definition) is 6. The minimum Gasteiger partial charge on any atom is -0.459 e. The molecule has 334 valence electrons. The van der Waals surface area contributed by atoms with Crippen molar-refractivity contribution >= 4 is 5.97 Å². The lowest BCUT2D eigenvalue weighted by Gasteiger charge is -2.52. The Morgan fingerprint density at radius 2 is 1.56 bits per heavy atom. The van der Waals surface area contributed by atoms with Crippen LogP contribution in [0.15, 0.2) is 0 Å². The van der Waals surface area contributed by atoms with Gasteiger partial charge in [0.15, 0.2) is 12.6 Å². The average Bonchev–Trinajstić information content (AvgIpc) is 3.12. The van der Waals surface area contributed by atoms with Gasteiger partial charge >= 0.3 is 5.97 Å². The van der Waals surface area contributed by atoms with Gasteiger partial charge in [0.25, 0.3) is 0 Å². The van der Waals surface area contributed by atoms with E-state index in [4.69, 9.17) is 37.9 Å². The number of rotatable bonds is 11. The molecule has 0 aromatic carbocycles. The van der Waals surface area contributed by atoms with Crippen molar-refractivity contribution in [2.45, 2.75) is 191 Å². The van der Waals surface area contributed by atoms with Gasteiger partial charge in [-0.15, -0.1) is 0 Å². The molecule has 2 bridgehead atoms. The lowest BCUT2D eigenvalue weighted by Crippen LogP contribution is -2.67. The first-order valence-corrected chi connectivity index (χ1v) is 21.0. The van der Waals surface area contributed by atoms with Gasteiger partial charge in [-0.1, -0.05) is 27.7 Å². The van der Waals surface area contributed by atoms with Crippen LogP contribution in [0.2, 0.25) is 0 Å². The number of hydrogen-bond acceptors (Lipinski definition) is 16. The SMILES string of the molecule is CC[C@H]1OC(=O)[C@H](C)[C@@H](O[C@H]2C[C@@](C)(O)[C@@H](O)[C@H](C)O2)[C@H](C)[C@@H](O[C@@H]2O[C@H](C)C[C@H](N(C)C)[C@H]2O)[C@](C)(O)C[C@@H](C)[C@@H]2N[C@@H](COCCOC)O[C@H]([C@H]2C)[C@]1(C)O. The summed E-state index contributed by atoms with van der Waals surface area (Å²) in [5.74, 6) is -3.10. The molecule has 0 radical (unpaired) electrons. The van der Waals surface area contributed by atoms with E-state index in [2.05, 4.69) is 5.32 Å². The minimum absolute atomic E-state index is 0.109. The van der Waals surface area contributed by atoms with Gasteiger partial charge in [0.2, 0.25) is 0 Å². The lowest BCUT2D eigenvalue weighted by molar-refractivity contribution is -0.317. The van der Waals surface area contributed by atoms with Crippen LogP contribution in [0, 0.1) is 23.7 Å². The van der Waals surface area contributed by atoms with Gasteiger partial charge in [0.05, 0.1) is 67.5 Å². The number of carbonyl (C=O) groups is 1. The number of cyclic esters (lactones) is 1. The molecule has 16 nitrogen and oxygen atoms in total. The third-order valence-electron chi connectivity index (χ3n) is 13.0. The van der Waals surface area contributed by atoms with Gasteiger partial charge in [0, 0.05) is 37.5 Å². The molecule has 6 N–H and O–H groups in total. The number of esters is 1.